The fourth-order valence-electron chi connectivity index (χ4n) is 8.15. The lowest BCUT2D eigenvalue weighted by Crippen LogP contribution is -2.84. The molecule has 0 saturated carbocycles. The van der Waals surface area contributed by atoms with Gasteiger partial charge in [0.15, 0.2) is 5.78 Å². The zero-order valence-electron chi connectivity index (χ0n) is 20.4. The summed E-state index contributed by atoms with van der Waals surface area (Å²) in [7, 11) is 0. The maximum absolute atomic E-state index is 14.0. The lowest BCUT2D eigenvalue weighted by Gasteiger charge is -2.64. The monoisotopic (exact) mass is 461 g/mol. The van der Waals surface area contributed by atoms with E-state index in [1.54, 1.807) is 0 Å². The first-order valence-electron chi connectivity index (χ1n) is 12.4. The van der Waals surface area contributed by atoms with Gasteiger partial charge in [0, 0.05) is 35.4 Å². The van der Waals surface area contributed by atoms with Gasteiger partial charge in [0.05, 0.1) is 17.5 Å². The zero-order chi connectivity index (χ0) is 24.0. The zero-order valence-corrected chi connectivity index (χ0v) is 20.4. The van der Waals surface area contributed by atoms with Crippen LogP contribution in [0.5, 0.6) is 5.75 Å². The molecule has 7 heteroatoms. The third-order valence-electron chi connectivity index (χ3n) is 9.49. The Morgan fingerprint density at radius 1 is 1.06 bits per heavy atom. The van der Waals surface area contributed by atoms with E-state index in [0.717, 1.165) is 28.6 Å². The minimum absolute atomic E-state index is 0.00924. The summed E-state index contributed by atoms with van der Waals surface area (Å²) in [5.74, 6) is 1.06. The van der Waals surface area contributed by atoms with Crippen molar-refractivity contribution < 1.29 is 19.1 Å². The highest BCUT2D eigenvalue weighted by molar-refractivity contribution is 6.12. The largest absolute Gasteiger partial charge is 0.487 e. The van der Waals surface area contributed by atoms with Crippen LogP contribution in [0.15, 0.2) is 12.1 Å². The number of ketones is 1. The van der Waals surface area contributed by atoms with Gasteiger partial charge in [-0.1, -0.05) is 20.8 Å². The molecule has 8 rings (SSSR count). The Kier molecular flexibility index (Phi) is 3.44. The molecule has 2 spiro atoms. The SMILES string of the molecule is C[C@H]1CN2C(=O)[C@]34Cc5c([nH]c6c7c(ccc56)OC(C)(C)CC7=O)C(C)(C)[C@@H]3C[C@@]2(C1)C(=O)N4. The maximum Gasteiger partial charge on any atom is 0.249 e. The van der Waals surface area contributed by atoms with E-state index < -0.39 is 16.7 Å². The number of carbonyl (C=O) groups excluding carboxylic acids is 3. The van der Waals surface area contributed by atoms with Crippen molar-refractivity contribution in [2.24, 2.45) is 11.8 Å². The van der Waals surface area contributed by atoms with E-state index >= 15 is 0 Å². The predicted octanol–water partition coefficient (Wildman–Crippen LogP) is 3.24. The van der Waals surface area contributed by atoms with Crippen LogP contribution in [0.1, 0.15) is 75.5 Å². The Balaban J connectivity index is 1.45. The van der Waals surface area contributed by atoms with E-state index in [4.69, 9.17) is 4.74 Å². The Labute approximate surface area is 198 Å². The van der Waals surface area contributed by atoms with Crippen LogP contribution in [0.4, 0.5) is 0 Å². The average molecular weight is 462 g/mol. The number of benzene rings is 1. The molecular formula is C27H31N3O4. The van der Waals surface area contributed by atoms with Crippen molar-refractivity contribution in [1.29, 1.82) is 0 Å². The summed E-state index contributed by atoms with van der Waals surface area (Å²) in [6, 6.07) is 3.89. The molecule has 6 heterocycles. The second-order valence-electron chi connectivity index (χ2n) is 12.6. The topological polar surface area (TPSA) is 91.5 Å². The number of H-pyrrole nitrogens is 1. The molecule has 2 amide bonds. The number of piperazine rings is 1. The van der Waals surface area contributed by atoms with Crippen LogP contribution in [0.2, 0.25) is 0 Å². The standard InChI is InChI=1S/C27H31N3O4/c1-13-8-26-11-18-25(4,5)21-15(9-27(18,29-22(26)32)23(33)30(26)12-13)14-6-7-17-19(20(14)28-21)16(31)10-24(2,3)34-17/h6-7,13,18,28H,8-12H2,1-5H3,(H,29,32)/t13-,18+,26+,27+/m1/s1. The van der Waals surface area contributed by atoms with Gasteiger partial charge in [-0.25, -0.2) is 0 Å². The molecule has 2 aromatic rings. The van der Waals surface area contributed by atoms with Crippen LogP contribution in [-0.2, 0) is 21.4 Å². The summed E-state index contributed by atoms with van der Waals surface area (Å²) in [6.45, 7) is 11.0. The fourth-order valence-corrected chi connectivity index (χ4v) is 8.15. The summed E-state index contributed by atoms with van der Waals surface area (Å²) < 4.78 is 6.16. The minimum Gasteiger partial charge on any atom is -0.487 e. The van der Waals surface area contributed by atoms with E-state index in [9.17, 15) is 14.4 Å². The van der Waals surface area contributed by atoms with Gasteiger partial charge in [-0.15, -0.1) is 0 Å². The summed E-state index contributed by atoms with van der Waals surface area (Å²) >= 11 is 0. The van der Waals surface area contributed by atoms with E-state index in [0.29, 0.717) is 43.0 Å². The Morgan fingerprint density at radius 3 is 2.59 bits per heavy atom. The number of fused-ring (bicyclic) bond motifs is 6. The lowest BCUT2D eigenvalue weighted by atomic mass is 9.51. The molecule has 2 bridgehead atoms. The van der Waals surface area contributed by atoms with Crippen LogP contribution in [0.3, 0.4) is 0 Å². The van der Waals surface area contributed by atoms with E-state index in [2.05, 4.69) is 31.1 Å². The smallest absolute Gasteiger partial charge is 0.249 e. The van der Waals surface area contributed by atoms with Crippen molar-refractivity contribution in [1.82, 2.24) is 15.2 Å². The maximum atomic E-state index is 14.0. The van der Waals surface area contributed by atoms with Gasteiger partial charge in [-0.3, -0.25) is 14.4 Å². The molecular weight excluding hydrogens is 430 g/mol. The molecule has 1 aromatic carbocycles. The number of aromatic amines is 1. The van der Waals surface area contributed by atoms with Gasteiger partial charge < -0.3 is 19.9 Å². The summed E-state index contributed by atoms with van der Waals surface area (Å²) in [4.78, 5) is 46.2. The summed E-state index contributed by atoms with van der Waals surface area (Å²) in [5.41, 5.74) is 0.938. The van der Waals surface area contributed by atoms with Crippen molar-refractivity contribution in [2.75, 3.05) is 6.54 Å². The minimum atomic E-state index is -0.938. The molecule has 4 saturated heterocycles. The Morgan fingerprint density at radius 2 is 1.82 bits per heavy atom. The van der Waals surface area contributed by atoms with Crippen molar-refractivity contribution in [3.05, 3.63) is 29.0 Å². The molecule has 0 radical (unpaired) electrons. The molecule has 178 valence electrons. The number of rotatable bonds is 0. The molecule has 0 unspecified atom stereocenters. The van der Waals surface area contributed by atoms with E-state index in [1.807, 2.05) is 30.9 Å². The quantitative estimate of drug-likeness (QED) is 0.630. The average Bonchev–Trinajstić information content (AvgIpc) is 3.27. The van der Waals surface area contributed by atoms with Crippen molar-refractivity contribution in [3.63, 3.8) is 0 Å². The third-order valence-corrected chi connectivity index (χ3v) is 9.49. The van der Waals surface area contributed by atoms with Crippen molar-refractivity contribution in [2.45, 2.75) is 82.4 Å². The number of aromatic nitrogens is 1. The third kappa shape index (κ3) is 2.13. The Bertz CT molecular complexity index is 1350. The number of hydrogen-bond acceptors (Lipinski definition) is 4. The molecule has 2 N–H and O–H groups in total. The van der Waals surface area contributed by atoms with Gasteiger partial charge >= 0.3 is 0 Å². The van der Waals surface area contributed by atoms with Crippen LogP contribution in [-0.4, -0.2) is 50.7 Å². The number of carbonyl (C=O) groups is 3. The number of hydrogen-bond donors (Lipinski definition) is 2. The predicted molar refractivity (Wildman–Crippen MR) is 126 cm³/mol. The van der Waals surface area contributed by atoms with E-state index in [1.165, 1.54) is 0 Å². The van der Waals surface area contributed by atoms with Gasteiger partial charge in [-0.2, -0.15) is 0 Å². The molecule has 6 aliphatic rings. The normalized spacial score (nSPS) is 36.5. The molecule has 1 aromatic heterocycles. The summed E-state index contributed by atoms with van der Waals surface area (Å²) in [6.07, 6.45) is 2.18. The first-order chi connectivity index (χ1) is 15.9. The summed E-state index contributed by atoms with van der Waals surface area (Å²) in [5, 5.41) is 4.21. The van der Waals surface area contributed by atoms with Gasteiger partial charge in [0.1, 0.15) is 22.4 Å². The van der Waals surface area contributed by atoms with Gasteiger partial charge in [-0.05, 0) is 50.3 Å². The molecule has 7 nitrogen and oxygen atoms in total. The highest BCUT2D eigenvalue weighted by atomic mass is 16.5. The molecule has 4 atom stereocenters. The lowest BCUT2D eigenvalue weighted by molar-refractivity contribution is -0.179. The molecule has 34 heavy (non-hydrogen) atoms. The van der Waals surface area contributed by atoms with Crippen molar-refractivity contribution >= 4 is 28.5 Å². The first kappa shape index (κ1) is 20.5. The number of amides is 2. The van der Waals surface area contributed by atoms with Crippen LogP contribution in [0, 0.1) is 11.8 Å². The van der Waals surface area contributed by atoms with Crippen LogP contribution in [0.25, 0.3) is 10.9 Å². The van der Waals surface area contributed by atoms with E-state index in [-0.39, 0.29) is 28.9 Å². The molecule has 4 fully saturated rings. The van der Waals surface area contributed by atoms with Gasteiger partial charge in [0.2, 0.25) is 11.8 Å². The Hall–Kier alpha value is -2.83. The fraction of sp³-hybridized carbons (Fsp3) is 0.593. The van der Waals surface area contributed by atoms with Crippen molar-refractivity contribution in [3.8, 4) is 5.75 Å². The van der Waals surface area contributed by atoms with Gasteiger partial charge in [0.25, 0.3) is 0 Å². The second-order valence-corrected chi connectivity index (χ2v) is 12.6. The highest BCUT2D eigenvalue weighted by Gasteiger charge is 2.73. The number of piperidine rings is 2. The first-order valence-corrected chi connectivity index (χ1v) is 12.4. The van der Waals surface area contributed by atoms with Crippen LogP contribution >= 0.6 is 0 Å². The number of nitrogens with one attached hydrogen (secondary N) is 2. The highest BCUT2D eigenvalue weighted by Crippen LogP contribution is 2.60. The molecule has 5 aliphatic heterocycles. The van der Waals surface area contributed by atoms with Crippen LogP contribution < -0.4 is 10.1 Å². The number of nitrogens with zero attached hydrogens (tertiary/aromatic N) is 1. The number of Topliss-reactive ketones (excluding diaryl/α,β-unsaturated/α-hetero) is 1. The number of ether oxygens (including phenoxy) is 1. The second kappa shape index (κ2) is 5.69. The molecule has 1 aliphatic carbocycles.